The number of unbranched alkanes of at least 4 members (excludes halogenated alkanes) is 4. The summed E-state index contributed by atoms with van der Waals surface area (Å²) in [5.41, 5.74) is 1.12. The van der Waals surface area contributed by atoms with Crippen LogP contribution in [-0.4, -0.2) is 18.4 Å². The first-order valence-electron chi connectivity index (χ1n) is 8.36. The van der Waals surface area contributed by atoms with Gasteiger partial charge < -0.3 is 10.6 Å². The lowest BCUT2D eigenvalue weighted by atomic mass is 10.1. The summed E-state index contributed by atoms with van der Waals surface area (Å²) >= 11 is 0. The van der Waals surface area contributed by atoms with Gasteiger partial charge in [-0.15, -0.1) is 0 Å². The van der Waals surface area contributed by atoms with E-state index in [1.807, 2.05) is 13.0 Å². The largest absolute Gasteiger partial charge is 0.352 e. The Morgan fingerprint density at radius 1 is 0.955 bits per heavy atom. The first-order valence-corrected chi connectivity index (χ1v) is 8.36. The first kappa shape index (κ1) is 18.2. The molecule has 4 nitrogen and oxygen atoms in total. The number of carbonyl (C=O) groups is 2. The fourth-order valence-electron chi connectivity index (χ4n) is 2.23. The van der Waals surface area contributed by atoms with Gasteiger partial charge in [-0.1, -0.05) is 51.7 Å². The molecule has 0 spiro atoms. The van der Waals surface area contributed by atoms with Crippen LogP contribution in [0.3, 0.4) is 0 Å². The molecule has 0 aliphatic carbocycles. The summed E-state index contributed by atoms with van der Waals surface area (Å²) in [4.78, 5) is 24.1. The molecular formula is C18H28N2O2. The summed E-state index contributed by atoms with van der Waals surface area (Å²) in [5, 5.41) is 5.70. The number of hydrogen-bond donors (Lipinski definition) is 2. The molecule has 2 N–H and O–H groups in total. The van der Waals surface area contributed by atoms with Gasteiger partial charge in [0.1, 0.15) is 0 Å². The molecular weight excluding hydrogens is 276 g/mol. The van der Waals surface area contributed by atoms with Crippen LogP contribution in [0.15, 0.2) is 24.3 Å². The molecule has 0 aromatic heterocycles. The number of carbonyl (C=O) groups excluding carboxylic acids is 2. The Balaban J connectivity index is 2.50. The first-order chi connectivity index (χ1) is 10.7. The van der Waals surface area contributed by atoms with E-state index >= 15 is 0 Å². The predicted molar refractivity (Wildman–Crippen MR) is 91.1 cm³/mol. The molecule has 0 atom stereocenters. The van der Waals surface area contributed by atoms with Gasteiger partial charge in [0.15, 0.2) is 0 Å². The van der Waals surface area contributed by atoms with Crippen molar-refractivity contribution in [2.24, 2.45) is 0 Å². The van der Waals surface area contributed by atoms with E-state index in [0.29, 0.717) is 24.2 Å². The molecule has 1 aromatic rings. The second kappa shape index (κ2) is 10.8. The van der Waals surface area contributed by atoms with Crippen molar-refractivity contribution in [2.75, 3.05) is 11.9 Å². The van der Waals surface area contributed by atoms with Crippen molar-refractivity contribution in [2.45, 2.75) is 58.8 Å². The summed E-state index contributed by atoms with van der Waals surface area (Å²) in [6, 6.07) is 7.15. The van der Waals surface area contributed by atoms with E-state index in [9.17, 15) is 9.59 Å². The highest BCUT2D eigenvalue weighted by molar-refractivity contribution is 6.03. The minimum Gasteiger partial charge on any atom is -0.352 e. The highest BCUT2D eigenvalue weighted by atomic mass is 16.2. The number of amides is 2. The standard InChI is InChI=1S/C18H28N2O2/c1-3-5-6-7-8-13-17(21)20-16-12-10-9-11-15(16)18(22)19-14-4-2/h9-12H,3-8,13-14H2,1-2H3,(H,19,22)(H,20,21). The van der Waals surface area contributed by atoms with Gasteiger partial charge >= 0.3 is 0 Å². The summed E-state index contributed by atoms with van der Waals surface area (Å²) in [6.07, 6.45) is 6.98. The van der Waals surface area contributed by atoms with Gasteiger partial charge in [0.2, 0.25) is 5.91 Å². The van der Waals surface area contributed by atoms with Crippen molar-refractivity contribution in [3.63, 3.8) is 0 Å². The summed E-state index contributed by atoms with van der Waals surface area (Å²) < 4.78 is 0. The van der Waals surface area contributed by atoms with Crippen LogP contribution in [0.5, 0.6) is 0 Å². The van der Waals surface area contributed by atoms with E-state index in [1.54, 1.807) is 18.2 Å². The van der Waals surface area contributed by atoms with Crippen LogP contribution in [0.2, 0.25) is 0 Å². The highest BCUT2D eigenvalue weighted by Gasteiger charge is 2.12. The Hall–Kier alpha value is -1.84. The van der Waals surface area contributed by atoms with E-state index in [4.69, 9.17) is 0 Å². The molecule has 4 heteroatoms. The van der Waals surface area contributed by atoms with Crippen LogP contribution >= 0.6 is 0 Å². The number of hydrogen-bond acceptors (Lipinski definition) is 2. The average Bonchev–Trinajstić information content (AvgIpc) is 2.53. The molecule has 0 radical (unpaired) electrons. The quantitative estimate of drug-likeness (QED) is 0.639. The molecule has 1 aromatic carbocycles. The van der Waals surface area contributed by atoms with Crippen molar-refractivity contribution in [3.05, 3.63) is 29.8 Å². The molecule has 0 unspecified atom stereocenters. The summed E-state index contributed by atoms with van der Waals surface area (Å²) in [7, 11) is 0. The Morgan fingerprint density at radius 2 is 1.68 bits per heavy atom. The molecule has 122 valence electrons. The fraction of sp³-hybridized carbons (Fsp3) is 0.556. The van der Waals surface area contributed by atoms with E-state index in [1.165, 1.54) is 19.3 Å². The van der Waals surface area contributed by atoms with Crippen molar-refractivity contribution in [1.82, 2.24) is 5.32 Å². The van der Waals surface area contributed by atoms with Gasteiger partial charge in [0.05, 0.1) is 11.3 Å². The molecule has 0 heterocycles. The SMILES string of the molecule is CCCCCCCC(=O)Nc1ccccc1C(=O)NCCC. The number of anilines is 1. The minimum atomic E-state index is -0.138. The van der Waals surface area contributed by atoms with Crippen LogP contribution < -0.4 is 10.6 Å². The third kappa shape index (κ3) is 6.74. The maximum absolute atomic E-state index is 12.1. The second-order valence-corrected chi connectivity index (χ2v) is 5.51. The normalized spacial score (nSPS) is 10.3. The molecule has 0 bridgehead atoms. The van der Waals surface area contributed by atoms with Crippen molar-refractivity contribution >= 4 is 17.5 Å². The Kier molecular flexibility index (Phi) is 8.96. The lowest BCUT2D eigenvalue weighted by Crippen LogP contribution is -2.25. The monoisotopic (exact) mass is 304 g/mol. The third-order valence-corrected chi connectivity index (χ3v) is 3.49. The van der Waals surface area contributed by atoms with Gasteiger partial charge in [-0.05, 0) is 25.0 Å². The van der Waals surface area contributed by atoms with Crippen LogP contribution in [0.1, 0.15) is 69.2 Å². The minimum absolute atomic E-state index is 0.0211. The Bertz CT molecular complexity index is 472. The van der Waals surface area contributed by atoms with Crippen LogP contribution in [0.4, 0.5) is 5.69 Å². The topological polar surface area (TPSA) is 58.2 Å². The number of rotatable bonds is 10. The third-order valence-electron chi connectivity index (χ3n) is 3.49. The molecule has 2 amide bonds. The molecule has 22 heavy (non-hydrogen) atoms. The molecule has 0 aliphatic heterocycles. The predicted octanol–water partition coefficient (Wildman–Crippen LogP) is 4.13. The van der Waals surface area contributed by atoms with Crippen molar-refractivity contribution in [1.29, 1.82) is 0 Å². The van der Waals surface area contributed by atoms with E-state index < -0.39 is 0 Å². The van der Waals surface area contributed by atoms with Gasteiger partial charge in [0, 0.05) is 13.0 Å². The summed E-state index contributed by atoms with van der Waals surface area (Å²) in [5.74, 6) is -0.159. The smallest absolute Gasteiger partial charge is 0.253 e. The molecule has 1 rings (SSSR count). The van der Waals surface area contributed by atoms with Crippen molar-refractivity contribution < 1.29 is 9.59 Å². The average molecular weight is 304 g/mol. The lowest BCUT2D eigenvalue weighted by Gasteiger charge is -2.11. The van der Waals surface area contributed by atoms with E-state index in [0.717, 1.165) is 19.3 Å². The molecule has 0 fully saturated rings. The number of para-hydroxylation sites is 1. The number of benzene rings is 1. The van der Waals surface area contributed by atoms with E-state index in [2.05, 4.69) is 17.6 Å². The second-order valence-electron chi connectivity index (χ2n) is 5.51. The van der Waals surface area contributed by atoms with Crippen LogP contribution in [0, 0.1) is 0 Å². The van der Waals surface area contributed by atoms with Gasteiger partial charge in [-0.3, -0.25) is 9.59 Å². The summed E-state index contributed by atoms with van der Waals surface area (Å²) in [6.45, 7) is 4.82. The highest BCUT2D eigenvalue weighted by Crippen LogP contribution is 2.16. The number of nitrogens with one attached hydrogen (secondary N) is 2. The van der Waals surface area contributed by atoms with Gasteiger partial charge in [0.25, 0.3) is 5.91 Å². The molecule has 0 aliphatic rings. The zero-order valence-corrected chi connectivity index (χ0v) is 13.8. The van der Waals surface area contributed by atoms with Crippen LogP contribution in [0.25, 0.3) is 0 Å². The van der Waals surface area contributed by atoms with Gasteiger partial charge in [-0.25, -0.2) is 0 Å². The lowest BCUT2D eigenvalue weighted by molar-refractivity contribution is -0.116. The zero-order valence-electron chi connectivity index (χ0n) is 13.8. The van der Waals surface area contributed by atoms with Crippen LogP contribution in [-0.2, 0) is 4.79 Å². The zero-order chi connectivity index (χ0) is 16.2. The molecule has 0 saturated heterocycles. The van der Waals surface area contributed by atoms with Gasteiger partial charge in [-0.2, -0.15) is 0 Å². The van der Waals surface area contributed by atoms with E-state index in [-0.39, 0.29) is 11.8 Å². The van der Waals surface area contributed by atoms with Crippen molar-refractivity contribution in [3.8, 4) is 0 Å². The maximum atomic E-state index is 12.1. The Morgan fingerprint density at radius 3 is 2.41 bits per heavy atom. The Labute approximate surface area is 133 Å². The molecule has 0 saturated carbocycles. The fourth-order valence-corrected chi connectivity index (χ4v) is 2.23. The maximum Gasteiger partial charge on any atom is 0.253 e.